The minimum Gasteiger partial charge on any atom is -0.487 e. The normalized spacial score (nSPS) is 22.6. The topological polar surface area (TPSA) is 105 Å². The SMILES string of the molecule is CNC(=O)[C@H]1CCCC[C@H]1C(=O)N1CCc2c(Cl)ccc(OCc3noc4ccccc34)c2C1CN1CCCC1=O. The third-order valence-corrected chi connectivity index (χ3v) is 9.26. The van der Waals surface area contributed by atoms with E-state index in [0.29, 0.717) is 67.4 Å². The predicted octanol–water partition coefficient (Wildman–Crippen LogP) is 4.66. The van der Waals surface area contributed by atoms with Crippen molar-refractivity contribution in [2.75, 3.05) is 26.7 Å². The van der Waals surface area contributed by atoms with E-state index in [1.807, 2.05) is 46.2 Å². The average Bonchev–Trinajstić information content (AvgIpc) is 3.61. The zero-order valence-electron chi connectivity index (χ0n) is 23.2. The first-order chi connectivity index (χ1) is 20.0. The molecule has 1 N–H and O–H groups in total. The minimum atomic E-state index is -0.441. The standard InChI is InChI=1S/C31H35ClN4O5/c1-33-30(38)19-7-2-3-8-20(19)31(39)36-16-14-21-23(32)12-13-27(29(21)25(36)17-35-15-6-11-28(35)37)40-18-24-22-9-4-5-10-26(22)41-34-24/h4-5,9-10,12-13,19-20,25H,2-3,6-8,11,14-18H2,1H3,(H,33,38)/t19-,20+,25?/m0/s1. The Kier molecular flexibility index (Phi) is 7.88. The maximum atomic E-state index is 14.3. The van der Waals surface area contributed by atoms with Crippen molar-refractivity contribution in [1.29, 1.82) is 0 Å². The van der Waals surface area contributed by atoms with Crippen molar-refractivity contribution in [3.63, 3.8) is 0 Å². The number of nitrogens with zero attached hydrogens (tertiary/aromatic N) is 3. The van der Waals surface area contributed by atoms with E-state index in [9.17, 15) is 14.4 Å². The Labute approximate surface area is 244 Å². The summed E-state index contributed by atoms with van der Waals surface area (Å²) >= 11 is 6.74. The van der Waals surface area contributed by atoms with Gasteiger partial charge < -0.3 is 24.4 Å². The van der Waals surface area contributed by atoms with Crippen LogP contribution in [0.5, 0.6) is 5.75 Å². The van der Waals surface area contributed by atoms with Crippen LogP contribution in [-0.4, -0.2) is 59.4 Å². The van der Waals surface area contributed by atoms with Crippen LogP contribution in [0.3, 0.4) is 0 Å². The van der Waals surface area contributed by atoms with E-state index in [1.165, 1.54) is 0 Å². The van der Waals surface area contributed by atoms with Crippen LogP contribution in [0.15, 0.2) is 40.9 Å². The molecule has 1 saturated heterocycles. The molecule has 2 aliphatic heterocycles. The average molecular weight is 579 g/mol. The van der Waals surface area contributed by atoms with Crippen LogP contribution in [0, 0.1) is 11.8 Å². The summed E-state index contributed by atoms with van der Waals surface area (Å²) in [4.78, 5) is 43.6. The van der Waals surface area contributed by atoms with Gasteiger partial charge in [0.15, 0.2) is 5.58 Å². The molecule has 6 rings (SSSR count). The van der Waals surface area contributed by atoms with E-state index in [4.69, 9.17) is 20.9 Å². The summed E-state index contributed by atoms with van der Waals surface area (Å²) in [6.45, 7) is 1.65. The Morgan fingerprint density at radius 3 is 2.66 bits per heavy atom. The molecule has 2 fully saturated rings. The molecule has 216 valence electrons. The van der Waals surface area contributed by atoms with Crippen molar-refractivity contribution >= 4 is 40.3 Å². The highest BCUT2D eigenvalue weighted by atomic mass is 35.5. The van der Waals surface area contributed by atoms with Gasteiger partial charge in [-0.05, 0) is 55.5 Å². The summed E-state index contributed by atoms with van der Waals surface area (Å²) in [5.74, 6) is -0.173. The van der Waals surface area contributed by atoms with Gasteiger partial charge in [0.2, 0.25) is 17.7 Å². The van der Waals surface area contributed by atoms with Crippen LogP contribution in [0.1, 0.15) is 61.4 Å². The number of hydrogen-bond acceptors (Lipinski definition) is 6. The molecule has 3 aliphatic rings. The Morgan fingerprint density at radius 2 is 1.88 bits per heavy atom. The van der Waals surface area contributed by atoms with Gasteiger partial charge >= 0.3 is 0 Å². The number of carbonyl (C=O) groups is 3. The first-order valence-corrected chi connectivity index (χ1v) is 14.9. The monoisotopic (exact) mass is 578 g/mol. The third kappa shape index (κ3) is 5.27. The summed E-state index contributed by atoms with van der Waals surface area (Å²) in [7, 11) is 1.63. The molecule has 1 aromatic heterocycles. The Balaban J connectivity index is 1.36. The number of aromatic nitrogens is 1. The van der Waals surface area contributed by atoms with Crippen LogP contribution < -0.4 is 10.1 Å². The molecule has 41 heavy (non-hydrogen) atoms. The molecule has 2 aromatic carbocycles. The zero-order valence-corrected chi connectivity index (χ0v) is 24.0. The lowest BCUT2D eigenvalue weighted by atomic mass is 9.77. The molecule has 10 heteroatoms. The highest BCUT2D eigenvalue weighted by Crippen LogP contribution is 2.43. The summed E-state index contributed by atoms with van der Waals surface area (Å²) in [5.41, 5.74) is 3.12. The van der Waals surface area contributed by atoms with Gasteiger partial charge in [0.1, 0.15) is 18.1 Å². The first-order valence-electron chi connectivity index (χ1n) is 14.5. The van der Waals surface area contributed by atoms with Gasteiger partial charge in [-0.2, -0.15) is 0 Å². The zero-order chi connectivity index (χ0) is 28.5. The van der Waals surface area contributed by atoms with Gasteiger partial charge in [-0.1, -0.05) is 41.7 Å². The number of rotatable bonds is 7. The number of para-hydroxylation sites is 1. The lowest BCUT2D eigenvalue weighted by Gasteiger charge is -2.43. The van der Waals surface area contributed by atoms with E-state index in [-0.39, 0.29) is 30.2 Å². The Hall–Kier alpha value is -3.59. The van der Waals surface area contributed by atoms with Gasteiger partial charge in [0.25, 0.3) is 0 Å². The van der Waals surface area contributed by atoms with Crippen LogP contribution in [0.2, 0.25) is 5.02 Å². The molecule has 0 spiro atoms. The second-order valence-electron chi connectivity index (χ2n) is 11.2. The molecule has 3 atom stereocenters. The maximum Gasteiger partial charge on any atom is 0.227 e. The molecular weight excluding hydrogens is 544 g/mol. The van der Waals surface area contributed by atoms with E-state index >= 15 is 0 Å². The van der Waals surface area contributed by atoms with Gasteiger partial charge in [0.05, 0.1) is 6.04 Å². The largest absolute Gasteiger partial charge is 0.487 e. The number of likely N-dealkylation sites (tertiary alicyclic amines) is 1. The van der Waals surface area contributed by atoms with Crippen LogP contribution in [0.25, 0.3) is 11.0 Å². The van der Waals surface area contributed by atoms with E-state index in [1.54, 1.807) is 7.05 Å². The Morgan fingerprint density at radius 1 is 1.07 bits per heavy atom. The second-order valence-corrected chi connectivity index (χ2v) is 11.6. The molecule has 1 aliphatic carbocycles. The fraction of sp³-hybridized carbons (Fsp3) is 0.484. The van der Waals surface area contributed by atoms with Gasteiger partial charge in [-0.15, -0.1) is 0 Å². The lowest BCUT2D eigenvalue weighted by molar-refractivity contribution is -0.147. The number of nitrogens with one attached hydrogen (secondary N) is 1. The summed E-state index contributed by atoms with van der Waals surface area (Å²) in [5, 5.41) is 8.46. The molecule has 3 aromatic rings. The molecule has 0 bridgehead atoms. The van der Waals surface area contributed by atoms with Gasteiger partial charge in [0, 0.05) is 60.9 Å². The second kappa shape index (κ2) is 11.7. The number of fused-ring (bicyclic) bond motifs is 2. The first kappa shape index (κ1) is 27.6. The number of amides is 3. The van der Waals surface area contributed by atoms with Crippen molar-refractivity contribution in [2.24, 2.45) is 11.8 Å². The summed E-state index contributed by atoms with van der Waals surface area (Å²) in [6, 6.07) is 10.8. The molecule has 9 nitrogen and oxygen atoms in total. The Bertz CT molecular complexity index is 1470. The predicted molar refractivity (Wildman–Crippen MR) is 153 cm³/mol. The highest BCUT2D eigenvalue weighted by Gasteiger charge is 2.43. The maximum absolute atomic E-state index is 14.3. The molecular formula is C31H35ClN4O5. The van der Waals surface area contributed by atoms with E-state index in [2.05, 4.69) is 10.5 Å². The fourth-order valence-electron chi connectivity index (χ4n) is 6.79. The van der Waals surface area contributed by atoms with Crippen LogP contribution in [0.4, 0.5) is 0 Å². The summed E-state index contributed by atoms with van der Waals surface area (Å²) < 4.78 is 11.9. The molecule has 3 heterocycles. The third-order valence-electron chi connectivity index (χ3n) is 8.90. The van der Waals surface area contributed by atoms with Gasteiger partial charge in [-0.25, -0.2) is 0 Å². The summed E-state index contributed by atoms with van der Waals surface area (Å²) in [6.07, 6.45) is 5.08. The number of ether oxygens (including phenoxy) is 1. The number of hydrogen-bond donors (Lipinski definition) is 1. The van der Waals surface area contributed by atoms with Crippen molar-refractivity contribution < 1.29 is 23.6 Å². The molecule has 3 amide bonds. The lowest BCUT2D eigenvalue weighted by Crippen LogP contribution is -2.50. The number of halogens is 1. The highest BCUT2D eigenvalue weighted by molar-refractivity contribution is 6.31. The molecule has 1 unspecified atom stereocenters. The quantitative estimate of drug-likeness (QED) is 0.437. The van der Waals surface area contributed by atoms with Crippen molar-refractivity contribution in [2.45, 2.75) is 57.6 Å². The van der Waals surface area contributed by atoms with E-state index in [0.717, 1.165) is 35.8 Å². The van der Waals surface area contributed by atoms with Crippen molar-refractivity contribution in [1.82, 2.24) is 20.3 Å². The van der Waals surface area contributed by atoms with Crippen molar-refractivity contribution in [3.05, 3.63) is 58.2 Å². The van der Waals surface area contributed by atoms with Gasteiger partial charge in [-0.3, -0.25) is 14.4 Å². The molecule has 1 saturated carbocycles. The van der Waals surface area contributed by atoms with Crippen LogP contribution in [-0.2, 0) is 27.4 Å². The molecule has 0 radical (unpaired) electrons. The fourth-order valence-corrected chi connectivity index (χ4v) is 7.05. The number of carbonyl (C=O) groups excluding carboxylic acids is 3. The van der Waals surface area contributed by atoms with Crippen LogP contribution >= 0.6 is 11.6 Å². The smallest absolute Gasteiger partial charge is 0.227 e. The van der Waals surface area contributed by atoms with Crippen molar-refractivity contribution in [3.8, 4) is 5.75 Å². The number of benzene rings is 2. The van der Waals surface area contributed by atoms with E-state index < -0.39 is 12.0 Å². The minimum absolute atomic E-state index is 0.0333.